The van der Waals surface area contributed by atoms with Crippen molar-refractivity contribution >= 4 is 17.5 Å². The normalized spacial score (nSPS) is 13.2. The first kappa shape index (κ1) is 16.0. The first-order valence-corrected chi connectivity index (χ1v) is 6.95. The number of hydrogen-bond donors (Lipinski definition) is 1. The number of carbonyl (C=O) groups excluding carboxylic acids is 1. The third-order valence-corrected chi connectivity index (χ3v) is 3.75. The average molecular weight is 283 g/mol. The van der Waals surface area contributed by atoms with E-state index in [0.29, 0.717) is 5.02 Å². The Hall–Kier alpha value is -1.06. The highest BCUT2D eigenvalue weighted by Gasteiger charge is 2.32. The minimum atomic E-state index is -0.570. The van der Waals surface area contributed by atoms with Crippen molar-refractivity contribution in [1.82, 2.24) is 10.2 Å². The molecule has 1 aromatic rings. The summed E-state index contributed by atoms with van der Waals surface area (Å²) >= 11 is 6.19. The molecular weight excluding hydrogens is 260 g/mol. The third kappa shape index (κ3) is 3.71. The van der Waals surface area contributed by atoms with E-state index in [1.54, 1.807) is 4.90 Å². The largest absolute Gasteiger partial charge is 0.337 e. The molecule has 0 fully saturated rings. The quantitative estimate of drug-likeness (QED) is 0.899. The number of rotatable bonds is 5. The van der Waals surface area contributed by atoms with E-state index in [2.05, 4.69) is 5.32 Å². The highest BCUT2D eigenvalue weighted by Crippen LogP contribution is 2.27. The predicted molar refractivity (Wildman–Crippen MR) is 80.4 cm³/mol. The molecule has 4 heteroatoms. The van der Waals surface area contributed by atoms with Crippen LogP contribution >= 0.6 is 11.6 Å². The lowest BCUT2D eigenvalue weighted by atomic mass is 10.0. The van der Waals surface area contributed by atoms with E-state index < -0.39 is 5.54 Å². The van der Waals surface area contributed by atoms with Crippen LogP contribution in [0.3, 0.4) is 0 Å². The maximum absolute atomic E-state index is 12.5. The summed E-state index contributed by atoms with van der Waals surface area (Å²) in [4.78, 5) is 14.2. The van der Waals surface area contributed by atoms with Crippen molar-refractivity contribution in [3.8, 4) is 0 Å². The SMILES string of the molecule is CCNC(C)(C)C(=O)N(C)C(C)c1ccccc1Cl. The fourth-order valence-electron chi connectivity index (χ4n) is 2.16. The van der Waals surface area contributed by atoms with Crippen molar-refractivity contribution in [3.05, 3.63) is 34.9 Å². The van der Waals surface area contributed by atoms with E-state index in [-0.39, 0.29) is 11.9 Å². The second-order valence-corrected chi connectivity index (χ2v) is 5.68. The number of carbonyl (C=O) groups is 1. The van der Waals surface area contributed by atoms with Crippen LogP contribution in [-0.2, 0) is 4.79 Å². The number of likely N-dealkylation sites (N-methyl/N-ethyl adjacent to an activating group) is 2. The van der Waals surface area contributed by atoms with Gasteiger partial charge in [-0.15, -0.1) is 0 Å². The molecule has 0 aliphatic rings. The lowest BCUT2D eigenvalue weighted by Gasteiger charge is -2.34. The zero-order chi connectivity index (χ0) is 14.6. The Balaban J connectivity index is 2.91. The van der Waals surface area contributed by atoms with Crippen LogP contribution in [0.25, 0.3) is 0 Å². The van der Waals surface area contributed by atoms with Crippen LogP contribution in [0, 0.1) is 0 Å². The van der Waals surface area contributed by atoms with E-state index in [1.165, 1.54) is 0 Å². The Kier molecular flexibility index (Phi) is 5.39. The fraction of sp³-hybridized carbons (Fsp3) is 0.533. The number of benzene rings is 1. The van der Waals surface area contributed by atoms with Crippen LogP contribution in [0.15, 0.2) is 24.3 Å². The fourth-order valence-corrected chi connectivity index (χ4v) is 2.45. The Morgan fingerprint density at radius 1 is 1.42 bits per heavy atom. The Morgan fingerprint density at radius 2 is 2.00 bits per heavy atom. The van der Waals surface area contributed by atoms with Crippen molar-refractivity contribution in [3.63, 3.8) is 0 Å². The van der Waals surface area contributed by atoms with Gasteiger partial charge in [0.25, 0.3) is 0 Å². The third-order valence-electron chi connectivity index (χ3n) is 3.41. The molecule has 0 aromatic heterocycles. The Morgan fingerprint density at radius 3 is 2.53 bits per heavy atom. The van der Waals surface area contributed by atoms with Crippen molar-refractivity contribution in [2.45, 2.75) is 39.3 Å². The maximum Gasteiger partial charge on any atom is 0.242 e. The second kappa shape index (κ2) is 6.40. The van der Waals surface area contributed by atoms with Gasteiger partial charge in [0.05, 0.1) is 11.6 Å². The summed E-state index contributed by atoms with van der Waals surface area (Å²) in [6, 6.07) is 7.58. The average Bonchev–Trinajstić information content (AvgIpc) is 2.36. The lowest BCUT2D eigenvalue weighted by Crippen LogP contribution is -2.53. The zero-order valence-corrected chi connectivity index (χ0v) is 13.1. The van der Waals surface area contributed by atoms with Gasteiger partial charge in [-0.05, 0) is 38.9 Å². The molecule has 0 heterocycles. The summed E-state index contributed by atoms with van der Waals surface area (Å²) in [7, 11) is 1.81. The minimum absolute atomic E-state index is 0.0564. The zero-order valence-electron chi connectivity index (χ0n) is 12.3. The van der Waals surface area contributed by atoms with E-state index >= 15 is 0 Å². The van der Waals surface area contributed by atoms with Crippen LogP contribution in [0.2, 0.25) is 5.02 Å². The highest BCUT2D eigenvalue weighted by molar-refractivity contribution is 6.31. The van der Waals surface area contributed by atoms with Gasteiger partial charge in [0.15, 0.2) is 0 Å². The van der Waals surface area contributed by atoms with E-state index in [1.807, 2.05) is 59.0 Å². The van der Waals surface area contributed by atoms with Crippen LogP contribution in [0.4, 0.5) is 0 Å². The summed E-state index contributed by atoms with van der Waals surface area (Å²) in [5.74, 6) is 0.0572. The second-order valence-electron chi connectivity index (χ2n) is 5.27. The van der Waals surface area contributed by atoms with E-state index in [4.69, 9.17) is 11.6 Å². The molecule has 106 valence electrons. The van der Waals surface area contributed by atoms with Crippen molar-refractivity contribution < 1.29 is 4.79 Å². The number of amides is 1. The van der Waals surface area contributed by atoms with Gasteiger partial charge in [0.2, 0.25) is 5.91 Å². The molecule has 1 rings (SSSR count). The van der Waals surface area contributed by atoms with E-state index in [0.717, 1.165) is 12.1 Å². The maximum atomic E-state index is 12.5. The molecule has 3 nitrogen and oxygen atoms in total. The minimum Gasteiger partial charge on any atom is -0.337 e. The topological polar surface area (TPSA) is 32.3 Å². The summed E-state index contributed by atoms with van der Waals surface area (Å²) in [5.41, 5.74) is 0.395. The highest BCUT2D eigenvalue weighted by atomic mass is 35.5. The van der Waals surface area contributed by atoms with Gasteiger partial charge in [-0.1, -0.05) is 36.7 Å². The molecular formula is C15H23ClN2O. The van der Waals surface area contributed by atoms with Crippen molar-refractivity contribution in [1.29, 1.82) is 0 Å². The molecule has 1 amide bonds. The van der Waals surface area contributed by atoms with Gasteiger partial charge < -0.3 is 10.2 Å². The van der Waals surface area contributed by atoms with Crippen LogP contribution in [-0.4, -0.2) is 29.9 Å². The summed E-state index contributed by atoms with van der Waals surface area (Å²) in [5, 5.41) is 3.89. The smallest absolute Gasteiger partial charge is 0.242 e. The number of nitrogens with zero attached hydrogens (tertiary/aromatic N) is 1. The molecule has 1 unspecified atom stereocenters. The molecule has 0 aliphatic heterocycles. The first-order chi connectivity index (χ1) is 8.81. The number of halogens is 1. The van der Waals surface area contributed by atoms with E-state index in [9.17, 15) is 4.79 Å². The standard InChI is InChI=1S/C15H23ClN2O/c1-6-17-15(3,4)14(19)18(5)11(2)12-9-7-8-10-13(12)16/h7-11,17H,6H2,1-5H3. The van der Waals surface area contributed by atoms with Gasteiger partial charge in [-0.3, -0.25) is 4.79 Å². The van der Waals surface area contributed by atoms with Crippen LogP contribution < -0.4 is 5.32 Å². The van der Waals surface area contributed by atoms with Gasteiger partial charge >= 0.3 is 0 Å². The lowest BCUT2D eigenvalue weighted by molar-refractivity contribution is -0.137. The summed E-state index contributed by atoms with van der Waals surface area (Å²) in [6.07, 6.45) is 0. The summed E-state index contributed by atoms with van der Waals surface area (Å²) < 4.78 is 0. The molecule has 1 aromatic carbocycles. The molecule has 0 bridgehead atoms. The monoisotopic (exact) mass is 282 g/mol. The molecule has 0 saturated heterocycles. The van der Waals surface area contributed by atoms with Crippen LogP contribution in [0.1, 0.15) is 39.3 Å². The molecule has 1 N–H and O–H groups in total. The molecule has 19 heavy (non-hydrogen) atoms. The van der Waals surface area contributed by atoms with Gasteiger partial charge in [-0.2, -0.15) is 0 Å². The first-order valence-electron chi connectivity index (χ1n) is 6.58. The number of nitrogens with one attached hydrogen (secondary N) is 1. The molecule has 0 aliphatic carbocycles. The molecule has 0 spiro atoms. The van der Waals surface area contributed by atoms with Crippen molar-refractivity contribution in [2.24, 2.45) is 0 Å². The van der Waals surface area contributed by atoms with Gasteiger partial charge in [-0.25, -0.2) is 0 Å². The summed E-state index contributed by atoms with van der Waals surface area (Å²) in [6.45, 7) is 8.53. The molecule has 0 saturated carbocycles. The molecule has 1 atom stereocenters. The molecule has 0 radical (unpaired) electrons. The van der Waals surface area contributed by atoms with Gasteiger partial charge in [0, 0.05) is 12.1 Å². The van der Waals surface area contributed by atoms with Crippen molar-refractivity contribution in [2.75, 3.05) is 13.6 Å². The number of hydrogen-bond acceptors (Lipinski definition) is 2. The Bertz CT molecular complexity index is 446. The predicted octanol–water partition coefficient (Wildman–Crippen LogP) is 3.25. The Labute approximate surface area is 120 Å². The van der Waals surface area contributed by atoms with Crippen LogP contribution in [0.5, 0.6) is 0 Å². The van der Waals surface area contributed by atoms with Gasteiger partial charge in [0.1, 0.15) is 0 Å².